The Labute approximate surface area is 181 Å². The van der Waals surface area contributed by atoms with E-state index in [9.17, 15) is 13.7 Å². The highest BCUT2D eigenvalue weighted by Gasteiger charge is 2.27. The fraction of sp³-hybridized carbons (Fsp3) is 0.400. The number of hydrogen-bond acceptors (Lipinski definition) is 7. The van der Waals surface area contributed by atoms with Gasteiger partial charge in [-0.2, -0.15) is 13.7 Å². The predicted octanol–water partition coefficient (Wildman–Crippen LogP) is 2.89. The van der Waals surface area contributed by atoms with Crippen molar-refractivity contribution in [3.8, 4) is 17.6 Å². The van der Waals surface area contributed by atoms with Crippen molar-refractivity contribution in [2.24, 2.45) is 0 Å². The maximum Gasteiger partial charge on any atom is 0.264 e. The molecule has 30 heavy (non-hydrogen) atoms. The molecule has 0 aliphatic carbocycles. The number of fused-ring (bicyclic) bond motifs is 1. The van der Waals surface area contributed by atoms with Crippen LogP contribution >= 0.6 is 12.2 Å². The maximum absolute atomic E-state index is 11.1. The topological polar surface area (TPSA) is 103 Å². The Bertz CT molecular complexity index is 1020. The number of hydrogen-bond donors (Lipinski definition) is 1. The van der Waals surface area contributed by atoms with Crippen molar-refractivity contribution >= 4 is 33.0 Å². The molecule has 1 saturated heterocycles. The normalized spacial score (nSPS) is 17.6. The van der Waals surface area contributed by atoms with Gasteiger partial charge < -0.3 is 19.3 Å². The second-order valence-electron chi connectivity index (χ2n) is 6.92. The molecule has 0 amide bonds. The highest BCUT2D eigenvalue weighted by Crippen LogP contribution is 2.41. The van der Waals surface area contributed by atoms with E-state index in [1.54, 1.807) is 42.4 Å². The molecule has 2 aliphatic rings. The van der Waals surface area contributed by atoms with Crippen LogP contribution in [0.5, 0.6) is 11.5 Å². The first kappa shape index (κ1) is 22.1. The number of nitriles is 1. The molecule has 1 N–H and O–H groups in total. The summed E-state index contributed by atoms with van der Waals surface area (Å²) in [6, 6.07) is 7.45. The second-order valence-corrected chi connectivity index (χ2v) is 8.88. The van der Waals surface area contributed by atoms with E-state index >= 15 is 0 Å². The molecular weight excluding hydrogens is 426 g/mol. The molecule has 1 aromatic carbocycles. The van der Waals surface area contributed by atoms with Gasteiger partial charge in [0.05, 0.1) is 24.1 Å². The van der Waals surface area contributed by atoms with Gasteiger partial charge in [-0.15, -0.1) is 0 Å². The highest BCUT2D eigenvalue weighted by molar-refractivity contribution is 7.85. The average molecular weight is 450 g/mol. The van der Waals surface area contributed by atoms with Crippen molar-refractivity contribution in [2.75, 3.05) is 37.4 Å². The molecule has 1 fully saturated rings. The third-order valence-corrected chi connectivity index (χ3v) is 6.14. The van der Waals surface area contributed by atoms with E-state index in [2.05, 4.69) is 6.07 Å². The van der Waals surface area contributed by atoms with Gasteiger partial charge in [0.15, 0.2) is 5.75 Å². The summed E-state index contributed by atoms with van der Waals surface area (Å²) in [4.78, 5) is 4.32. The van der Waals surface area contributed by atoms with E-state index in [1.165, 1.54) is 0 Å². The molecule has 0 bridgehead atoms. The fourth-order valence-electron chi connectivity index (χ4n) is 3.37. The number of anilines is 1. The van der Waals surface area contributed by atoms with Gasteiger partial charge in [0, 0.05) is 31.8 Å². The predicted molar refractivity (Wildman–Crippen MR) is 117 cm³/mol. The van der Waals surface area contributed by atoms with Crippen molar-refractivity contribution in [2.45, 2.75) is 19.3 Å². The zero-order chi connectivity index (χ0) is 21.7. The van der Waals surface area contributed by atoms with Gasteiger partial charge >= 0.3 is 0 Å². The zero-order valence-corrected chi connectivity index (χ0v) is 18.2. The van der Waals surface area contributed by atoms with E-state index in [0.29, 0.717) is 33.6 Å². The minimum absolute atomic E-state index is 0.192. The van der Waals surface area contributed by atoms with Gasteiger partial charge in [-0.3, -0.25) is 4.55 Å². The first-order chi connectivity index (χ1) is 14.3. The van der Waals surface area contributed by atoms with Crippen LogP contribution in [0.4, 0.5) is 5.69 Å². The van der Waals surface area contributed by atoms with Crippen LogP contribution in [0.2, 0.25) is 0 Å². The first-order valence-corrected chi connectivity index (χ1v) is 11.5. The smallest absolute Gasteiger partial charge is 0.264 e. The lowest BCUT2D eigenvalue weighted by Gasteiger charge is -2.19. The van der Waals surface area contributed by atoms with Crippen molar-refractivity contribution in [3.63, 3.8) is 0 Å². The van der Waals surface area contributed by atoms with Crippen LogP contribution < -0.4 is 14.4 Å². The van der Waals surface area contributed by atoms with Gasteiger partial charge in [-0.25, -0.2) is 0 Å². The van der Waals surface area contributed by atoms with Crippen molar-refractivity contribution in [3.05, 3.63) is 41.8 Å². The average Bonchev–Trinajstić information content (AvgIpc) is 3.35. The Balaban J connectivity index is 1.86. The van der Waals surface area contributed by atoms with Crippen LogP contribution in [0, 0.1) is 11.3 Å². The number of rotatable bonds is 7. The summed E-state index contributed by atoms with van der Waals surface area (Å²) >= 11 is 5.46. The lowest BCUT2D eigenvalue weighted by atomic mass is 10.2. The molecule has 0 aromatic heterocycles. The van der Waals surface area contributed by atoms with Gasteiger partial charge in [-0.05, 0) is 37.5 Å². The van der Waals surface area contributed by atoms with E-state index in [4.69, 9.17) is 26.2 Å². The summed E-state index contributed by atoms with van der Waals surface area (Å²) in [6.07, 6.45) is 5.58. The number of thiocarbonyl (C=S) groups is 1. The molecule has 3 rings (SSSR count). The van der Waals surface area contributed by atoms with Gasteiger partial charge in [0.2, 0.25) is 5.88 Å². The zero-order valence-electron chi connectivity index (χ0n) is 16.6. The SMILES string of the molecule is COc1ccc2c(c1)N(CCCS(=O)(=O)O)C(=CC=C(C#N)C(=S)N1CCCC1)O2. The Morgan fingerprint density at radius 2 is 2.13 bits per heavy atom. The molecule has 160 valence electrons. The maximum atomic E-state index is 11.1. The van der Waals surface area contributed by atoms with Gasteiger partial charge in [-0.1, -0.05) is 12.2 Å². The minimum atomic E-state index is -4.06. The molecule has 2 heterocycles. The van der Waals surface area contributed by atoms with E-state index in [0.717, 1.165) is 25.9 Å². The second kappa shape index (κ2) is 9.47. The Morgan fingerprint density at radius 1 is 1.40 bits per heavy atom. The number of benzene rings is 1. The molecule has 0 saturated carbocycles. The first-order valence-electron chi connectivity index (χ1n) is 9.52. The van der Waals surface area contributed by atoms with Crippen molar-refractivity contribution in [1.82, 2.24) is 4.90 Å². The summed E-state index contributed by atoms with van der Waals surface area (Å²) in [5, 5.41) is 9.54. The lowest BCUT2D eigenvalue weighted by Crippen LogP contribution is -2.27. The number of nitrogens with zero attached hydrogens (tertiary/aromatic N) is 3. The van der Waals surface area contributed by atoms with Crippen LogP contribution in [-0.4, -0.2) is 55.4 Å². The molecule has 0 radical (unpaired) electrons. The van der Waals surface area contributed by atoms with Crippen LogP contribution in [0.1, 0.15) is 19.3 Å². The minimum Gasteiger partial charge on any atom is -0.497 e. The Hall–Kier alpha value is -2.61. The highest BCUT2D eigenvalue weighted by atomic mass is 32.2. The van der Waals surface area contributed by atoms with E-state index < -0.39 is 10.1 Å². The number of allylic oxidation sites excluding steroid dienone is 2. The molecule has 10 heteroatoms. The summed E-state index contributed by atoms with van der Waals surface area (Å²) in [7, 11) is -2.51. The quantitative estimate of drug-likeness (QED) is 0.291. The molecule has 0 spiro atoms. The van der Waals surface area contributed by atoms with E-state index in [1.807, 2.05) is 4.90 Å². The number of ether oxygens (including phenoxy) is 2. The number of likely N-dealkylation sites (tertiary alicyclic amines) is 1. The Morgan fingerprint density at radius 3 is 2.77 bits per heavy atom. The molecule has 0 atom stereocenters. The van der Waals surface area contributed by atoms with Crippen LogP contribution in [0.15, 0.2) is 41.8 Å². The summed E-state index contributed by atoms with van der Waals surface area (Å²) in [5.74, 6) is 1.28. The molecular formula is C20H23N3O5S2. The fourth-order valence-corrected chi connectivity index (χ4v) is 4.16. The summed E-state index contributed by atoms with van der Waals surface area (Å²) < 4.78 is 42.4. The summed E-state index contributed by atoms with van der Waals surface area (Å²) in [5.41, 5.74) is 1.08. The van der Waals surface area contributed by atoms with Crippen LogP contribution in [0.3, 0.4) is 0 Å². The molecule has 8 nitrogen and oxygen atoms in total. The molecule has 1 aromatic rings. The molecule has 2 aliphatic heterocycles. The largest absolute Gasteiger partial charge is 0.497 e. The third kappa shape index (κ3) is 5.30. The van der Waals surface area contributed by atoms with Gasteiger partial charge in [0.25, 0.3) is 10.1 Å². The monoisotopic (exact) mass is 449 g/mol. The molecule has 0 unspecified atom stereocenters. The Kier molecular flexibility index (Phi) is 6.97. The van der Waals surface area contributed by atoms with Crippen molar-refractivity contribution < 1.29 is 22.4 Å². The van der Waals surface area contributed by atoms with Crippen LogP contribution in [-0.2, 0) is 10.1 Å². The van der Waals surface area contributed by atoms with Crippen molar-refractivity contribution in [1.29, 1.82) is 5.26 Å². The standard InChI is InChI=1S/C20H23N3O5S2/c1-27-16-6-7-18-17(13-16)23(11-4-12-30(24,25)26)19(28-18)8-5-15(14-21)20(29)22-9-2-3-10-22/h5-8,13H,2-4,9-12H2,1H3,(H,24,25,26). The van der Waals surface area contributed by atoms with Gasteiger partial charge in [0.1, 0.15) is 16.8 Å². The lowest BCUT2D eigenvalue weighted by molar-refractivity contribution is 0.413. The summed E-state index contributed by atoms with van der Waals surface area (Å²) in [6.45, 7) is 1.98. The number of methoxy groups -OCH3 is 1. The third-order valence-electron chi connectivity index (χ3n) is 4.86. The van der Waals surface area contributed by atoms with E-state index in [-0.39, 0.29) is 18.7 Å². The van der Waals surface area contributed by atoms with Crippen LogP contribution in [0.25, 0.3) is 0 Å².